The van der Waals surface area contributed by atoms with Crippen LogP contribution in [0.5, 0.6) is 0 Å². The van der Waals surface area contributed by atoms with Gasteiger partial charge in [-0.15, -0.1) is 0 Å². The number of aliphatic hydroxyl groups is 4. The van der Waals surface area contributed by atoms with E-state index in [1.54, 1.807) is 13.8 Å². The van der Waals surface area contributed by atoms with Crippen LogP contribution in [0, 0.1) is 0 Å². The first-order valence-corrected chi connectivity index (χ1v) is 12.3. The zero-order valence-electron chi connectivity index (χ0n) is 20.3. The molecule has 6 atom stereocenters. The van der Waals surface area contributed by atoms with E-state index >= 15 is 0 Å². The van der Waals surface area contributed by atoms with Gasteiger partial charge in [0.1, 0.15) is 0 Å². The van der Waals surface area contributed by atoms with E-state index in [4.69, 9.17) is 14.6 Å². The SMILES string of the molecule is CCCCCC(O)C(CC(O)C(CCCCCCCC(=O)O)OCC(C)O)OCC(C)O. The van der Waals surface area contributed by atoms with E-state index in [0.29, 0.717) is 19.3 Å². The number of hydrogen-bond donors (Lipinski definition) is 5. The fourth-order valence-electron chi connectivity index (χ4n) is 3.58. The summed E-state index contributed by atoms with van der Waals surface area (Å²) in [6, 6.07) is 0. The summed E-state index contributed by atoms with van der Waals surface area (Å²) in [5, 5.41) is 49.3. The molecule has 6 unspecified atom stereocenters. The summed E-state index contributed by atoms with van der Waals surface area (Å²) in [5.41, 5.74) is 0. The van der Waals surface area contributed by atoms with Crippen molar-refractivity contribution in [2.24, 2.45) is 0 Å². The van der Waals surface area contributed by atoms with Crippen LogP contribution < -0.4 is 0 Å². The van der Waals surface area contributed by atoms with Crippen molar-refractivity contribution in [3.8, 4) is 0 Å². The molecule has 0 amide bonds. The van der Waals surface area contributed by atoms with Crippen LogP contribution in [0.15, 0.2) is 0 Å². The van der Waals surface area contributed by atoms with Crippen molar-refractivity contribution in [2.45, 2.75) is 134 Å². The van der Waals surface area contributed by atoms with Crippen LogP contribution in [-0.4, -0.2) is 81.3 Å². The second-order valence-corrected chi connectivity index (χ2v) is 9.01. The van der Waals surface area contributed by atoms with Gasteiger partial charge in [0.25, 0.3) is 0 Å². The highest BCUT2D eigenvalue weighted by Crippen LogP contribution is 2.21. The van der Waals surface area contributed by atoms with E-state index in [-0.39, 0.29) is 26.1 Å². The number of carboxylic acid groups (broad SMARTS) is 1. The molecule has 0 fully saturated rings. The molecule has 0 rings (SSSR count). The molecular formula is C24H48O8. The summed E-state index contributed by atoms with van der Waals surface area (Å²) in [4.78, 5) is 10.6. The van der Waals surface area contributed by atoms with Crippen LogP contribution in [-0.2, 0) is 14.3 Å². The highest BCUT2D eigenvalue weighted by atomic mass is 16.5. The number of ether oxygens (including phenoxy) is 2. The van der Waals surface area contributed by atoms with Crippen LogP contribution >= 0.6 is 0 Å². The molecule has 8 nitrogen and oxygen atoms in total. The minimum Gasteiger partial charge on any atom is -0.481 e. The van der Waals surface area contributed by atoms with Crippen molar-refractivity contribution in [2.75, 3.05) is 13.2 Å². The van der Waals surface area contributed by atoms with Gasteiger partial charge in [0, 0.05) is 12.8 Å². The summed E-state index contributed by atoms with van der Waals surface area (Å²) < 4.78 is 11.5. The summed E-state index contributed by atoms with van der Waals surface area (Å²) in [5.74, 6) is -0.774. The Labute approximate surface area is 193 Å². The third kappa shape index (κ3) is 17.7. The van der Waals surface area contributed by atoms with Gasteiger partial charge < -0.3 is 35.0 Å². The minimum absolute atomic E-state index is 0.0811. The van der Waals surface area contributed by atoms with E-state index in [1.807, 2.05) is 0 Å². The van der Waals surface area contributed by atoms with Gasteiger partial charge >= 0.3 is 5.97 Å². The third-order valence-corrected chi connectivity index (χ3v) is 5.42. The molecular weight excluding hydrogens is 416 g/mol. The standard InChI is InChI=1S/C24H48O8/c1-4-5-9-12-20(27)23(32-17-19(3)26)15-21(28)22(31-16-18(2)25)13-10-7-6-8-11-14-24(29)30/h18-23,25-28H,4-17H2,1-3H3,(H,29,30). The number of carbonyl (C=O) groups is 1. The van der Waals surface area contributed by atoms with E-state index in [1.165, 1.54) is 0 Å². The van der Waals surface area contributed by atoms with Gasteiger partial charge in [0.2, 0.25) is 0 Å². The molecule has 0 aliphatic rings. The van der Waals surface area contributed by atoms with Gasteiger partial charge in [-0.1, -0.05) is 51.9 Å². The maximum absolute atomic E-state index is 10.9. The highest BCUT2D eigenvalue weighted by Gasteiger charge is 2.28. The molecule has 0 aromatic rings. The molecule has 0 aromatic carbocycles. The summed E-state index contributed by atoms with van der Waals surface area (Å²) in [7, 11) is 0. The average molecular weight is 465 g/mol. The molecule has 192 valence electrons. The molecule has 5 N–H and O–H groups in total. The second kappa shape index (κ2) is 19.7. The molecule has 0 radical (unpaired) electrons. The van der Waals surface area contributed by atoms with Crippen LogP contribution in [0.2, 0.25) is 0 Å². The van der Waals surface area contributed by atoms with Crippen molar-refractivity contribution in [3.63, 3.8) is 0 Å². The Kier molecular flexibility index (Phi) is 19.2. The Morgan fingerprint density at radius 2 is 1.25 bits per heavy atom. The smallest absolute Gasteiger partial charge is 0.303 e. The fraction of sp³-hybridized carbons (Fsp3) is 0.958. The first kappa shape index (κ1) is 31.2. The lowest BCUT2D eigenvalue weighted by atomic mass is 9.96. The number of unbranched alkanes of at least 4 members (excludes halogenated alkanes) is 6. The summed E-state index contributed by atoms with van der Waals surface area (Å²) in [6.45, 7) is 5.52. The van der Waals surface area contributed by atoms with Crippen molar-refractivity contribution >= 4 is 5.97 Å². The van der Waals surface area contributed by atoms with Crippen LogP contribution in [0.25, 0.3) is 0 Å². The number of hydrogen-bond acceptors (Lipinski definition) is 7. The third-order valence-electron chi connectivity index (χ3n) is 5.42. The molecule has 0 bridgehead atoms. The number of carboxylic acids is 1. The minimum atomic E-state index is -0.874. The normalized spacial score (nSPS) is 17.5. The maximum Gasteiger partial charge on any atom is 0.303 e. The van der Waals surface area contributed by atoms with E-state index in [9.17, 15) is 25.2 Å². The van der Waals surface area contributed by atoms with E-state index < -0.39 is 42.6 Å². The van der Waals surface area contributed by atoms with E-state index in [0.717, 1.165) is 44.9 Å². The van der Waals surface area contributed by atoms with Gasteiger partial charge in [-0.05, 0) is 33.1 Å². The Hall–Kier alpha value is -0.770. The number of aliphatic hydroxyl groups excluding tert-OH is 4. The monoisotopic (exact) mass is 464 g/mol. The van der Waals surface area contributed by atoms with E-state index in [2.05, 4.69) is 6.92 Å². The molecule has 0 saturated heterocycles. The Morgan fingerprint density at radius 1 is 0.719 bits per heavy atom. The summed E-state index contributed by atoms with van der Waals surface area (Å²) >= 11 is 0. The molecule has 8 heteroatoms. The Morgan fingerprint density at radius 3 is 1.81 bits per heavy atom. The maximum atomic E-state index is 10.9. The van der Waals surface area contributed by atoms with Crippen LogP contribution in [0.4, 0.5) is 0 Å². The van der Waals surface area contributed by atoms with Crippen molar-refractivity contribution in [3.05, 3.63) is 0 Å². The van der Waals surface area contributed by atoms with Gasteiger partial charge in [-0.2, -0.15) is 0 Å². The molecule has 32 heavy (non-hydrogen) atoms. The largest absolute Gasteiger partial charge is 0.481 e. The van der Waals surface area contributed by atoms with Crippen molar-refractivity contribution < 1.29 is 39.8 Å². The molecule has 0 aromatic heterocycles. The number of rotatable bonds is 22. The molecule has 0 aliphatic carbocycles. The first-order valence-electron chi connectivity index (χ1n) is 12.3. The zero-order valence-corrected chi connectivity index (χ0v) is 20.3. The highest BCUT2D eigenvalue weighted by molar-refractivity contribution is 5.66. The topological polar surface area (TPSA) is 137 Å². The Bertz CT molecular complexity index is 444. The predicted octanol–water partition coefficient (Wildman–Crippen LogP) is 3.03. The molecule has 0 heterocycles. The fourth-order valence-corrected chi connectivity index (χ4v) is 3.58. The Balaban J connectivity index is 4.75. The van der Waals surface area contributed by atoms with Crippen LogP contribution in [0.3, 0.4) is 0 Å². The quantitative estimate of drug-likeness (QED) is 0.154. The van der Waals surface area contributed by atoms with Gasteiger partial charge in [0.15, 0.2) is 0 Å². The second-order valence-electron chi connectivity index (χ2n) is 9.01. The zero-order chi connectivity index (χ0) is 24.4. The first-order chi connectivity index (χ1) is 15.2. The number of aliphatic carboxylic acids is 1. The van der Waals surface area contributed by atoms with Gasteiger partial charge in [-0.25, -0.2) is 0 Å². The lowest BCUT2D eigenvalue weighted by Crippen LogP contribution is -2.40. The summed E-state index contributed by atoms with van der Waals surface area (Å²) in [6.07, 6.45) is 4.59. The predicted molar refractivity (Wildman–Crippen MR) is 124 cm³/mol. The van der Waals surface area contributed by atoms with Crippen LogP contribution in [0.1, 0.15) is 97.8 Å². The lowest BCUT2D eigenvalue weighted by molar-refractivity contribution is -0.137. The molecule has 0 saturated carbocycles. The molecule has 0 spiro atoms. The van der Waals surface area contributed by atoms with Crippen molar-refractivity contribution in [1.82, 2.24) is 0 Å². The van der Waals surface area contributed by atoms with Gasteiger partial charge in [-0.3, -0.25) is 4.79 Å². The van der Waals surface area contributed by atoms with Gasteiger partial charge in [0.05, 0.1) is 49.8 Å². The lowest BCUT2D eigenvalue weighted by Gasteiger charge is -2.30. The van der Waals surface area contributed by atoms with Crippen molar-refractivity contribution in [1.29, 1.82) is 0 Å². The average Bonchev–Trinajstić information content (AvgIpc) is 2.71. The molecule has 0 aliphatic heterocycles.